The standard InChI is InChI=1S/C17H20ClN3O2/c1-10(13-8-12(22-2)6-7-14(13)23-3)19-16-9-15(18)20-17(21-16)11-4-5-11/h6-11H,4-5H2,1-3H3,(H,19,20,21). The highest BCUT2D eigenvalue weighted by atomic mass is 35.5. The number of nitrogens with zero attached hydrogens (tertiary/aromatic N) is 2. The number of nitrogens with one attached hydrogen (secondary N) is 1. The zero-order valence-electron chi connectivity index (χ0n) is 13.5. The van der Waals surface area contributed by atoms with Crippen molar-refractivity contribution < 1.29 is 9.47 Å². The van der Waals surface area contributed by atoms with Crippen LogP contribution in [-0.4, -0.2) is 24.2 Å². The van der Waals surface area contributed by atoms with Gasteiger partial charge in [0, 0.05) is 17.5 Å². The number of hydrogen-bond acceptors (Lipinski definition) is 5. The molecule has 0 amide bonds. The van der Waals surface area contributed by atoms with E-state index in [2.05, 4.69) is 15.3 Å². The first-order valence-corrected chi connectivity index (χ1v) is 8.01. The molecule has 1 aromatic carbocycles. The third-order valence-corrected chi connectivity index (χ3v) is 4.12. The van der Waals surface area contributed by atoms with E-state index < -0.39 is 0 Å². The number of methoxy groups -OCH3 is 2. The topological polar surface area (TPSA) is 56.3 Å². The third kappa shape index (κ3) is 3.67. The molecular formula is C17H20ClN3O2. The highest BCUT2D eigenvalue weighted by Crippen LogP contribution is 2.39. The fourth-order valence-corrected chi connectivity index (χ4v) is 2.70. The van der Waals surface area contributed by atoms with Crippen LogP contribution in [0.15, 0.2) is 24.3 Å². The van der Waals surface area contributed by atoms with Crippen molar-refractivity contribution in [2.24, 2.45) is 0 Å². The van der Waals surface area contributed by atoms with Gasteiger partial charge in [-0.3, -0.25) is 0 Å². The van der Waals surface area contributed by atoms with Gasteiger partial charge in [0.1, 0.15) is 28.3 Å². The summed E-state index contributed by atoms with van der Waals surface area (Å²) in [5.74, 6) is 3.59. The van der Waals surface area contributed by atoms with Gasteiger partial charge in [-0.25, -0.2) is 9.97 Å². The Morgan fingerprint density at radius 2 is 1.96 bits per heavy atom. The number of benzene rings is 1. The average Bonchev–Trinajstić information content (AvgIpc) is 3.38. The van der Waals surface area contributed by atoms with Crippen molar-refractivity contribution in [1.29, 1.82) is 0 Å². The van der Waals surface area contributed by atoms with E-state index >= 15 is 0 Å². The molecule has 0 radical (unpaired) electrons. The summed E-state index contributed by atoms with van der Waals surface area (Å²) in [5.41, 5.74) is 0.995. The Kier molecular flexibility index (Phi) is 4.57. The minimum atomic E-state index is -0.0157. The summed E-state index contributed by atoms with van der Waals surface area (Å²) in [4.78, 5) is 8.89. The predicted octanol–water partition coefficient (Wildman–Crippen LogP) is 4.20. The van der Waals surface area contributed by atoms with Crippen molar-refractivity contribution in [1.82, 2.24) is 9.97 Å². The van der Waals surface area contributed by atoms with E-state index in [9.17, 15) is 0 Å². The lowest BCUT2D eigenvalue weighted by molar-refractivity contribution is 0.397. The Morgan fingerprint density at radius 3 is 2.61 bits per heavy atom. The van der Waals surface area contributed by atoms with Crippen LogP contribution in [-0.2, 0) is 0 Å². The van der Waals surface area contributed by atoms with Gasteiger partial charge in [0.2, 0.25) is 0 Å². The van der Waals surface area contributed by atoms with Gasteiger partial charge in [0.05, 0.1) is 20.3 Å². The van der Waals surface area contributed by atoms with Crippen LogP contribution in [0.3, 0.4) is 0 Å². The van der Waals surface area contributed by atoms with Crippen LogP contribution in [0.2, 0.25) is 5.15 Å². The molecule has 3 rings (SSSR count). The Morgan fingerprint density at radius 1 is 1.17 bits per heavy atom. The summed E-state index contributed by atoms with van der Waals surface area (Å²) in [5, 5.41) is 3.84. The molecule has 1 heterocycles. The molecule has 0 spiro atoms. The molecule has 23 heavy (non-hydrogen) atoms. The van der Waals surface area contributed by atoms with Crippen LogP contribution in [0.25, 0.3) is 0 Å². The molecule has 6 heteroatoms. The molecule has 1 aliphatic carbocycles. The first-order valence-electron chi connectivity index (χ1n) is 7.63. The maximum absolute atomic E-state index is 6.12. The Hall–Kier alpha value is -2.01. The van der Waals surface area contributed by atoms with Gasteiger partial charge >= 0.3 is 0 Å². The number of ether oxygens (including phenoxy) is 2. The van der Waals surface area contributed by atoms with Crippen LogP contribution >= 0.6 is 11.6 Å². The molecule has 1 saturated carbocycles. The lowest BCUT2D eigenvalue weighted by Crippen LogP contribution is -2.11. The van der Waals surface area contributed by atoms with Crippen LogP contribution in [0.5, 0.6) is 11.5 Å². The summed E-state index contributed by atoms with van der Waals surface area (Å²) in [6.07, 6.45) is 2.28. The van der Waals surface area contributed by atoms with E-state index in [4.69, 9.17) is 21.1 Å². The highest BCUT2D eigenvalue weighted by molar-refractivity contribution is 6.29. The van der Waals surface area contributed by atoms with Gasteiger partial charge < -0.3 is 14.8 Å². The Labute approximate surface area is 141 Å². The van der Waals surface area contributed by atoms with Gasteiger partial charge in [-0.2, -0.15) is 0 Å². The van der Waals surface area contributed by atoms with Crippen molar-refractivity contribution in [3.63, 3.8) is 0 Å². The fourth-order valence-electron chi connectivity index (χ4n) is 2.51. The molecule has 2 aromatic rings. The Bertz CT molecular complexity index is 704. The molecule has 0 aliphatic heterocycles. The Balaban J connectivity index is 1.85. The largest absolute Gasteiger partial charge is 0.497 e. The molecule has 1 fully saturated rings. The van der Waals surface area contributed by atoms with Crippen molar-refractivity contribution in [2.45, 2.75) is 31.7 Å². The quantitative estimate of drug-likeness (QED) is 0.803. The number of hydrogen-bond donors (Lipinski definition) is 1. The van der Waals surface area contributed by atoms with E-state index in [0.29, 0.717) is 11.1 Å². The molecule has 1 unspecified atom stereocenters. The number of anilines is 1. The second-order valence-electron chi connectivity index (χ2n) is 5.68. The maximum atomic E-state index is 6.12. The summed E-state index contributed by atoms with van der Waals surface area (Å²) < 4.78 is 10.7. The van der Waals surface area contributed by atoms with E-state index in [1.165, 1.54) is 0 Å². The van der Waals surface area contributed by atoms with Crippen molar-refractivity contribution >= 4 is 17.4 Å². The minimum Gasteiger partial charge on any atom is -0.497 e. The molecule has 122 valence electrons. The fraction of sp³-hybridized carbons (Fsp3) is 0.412. The second-order valence-corrected chi connectivity index (χ2v) is 6.07. The maximum Gasteiger partial charge on any atom is 0.135 e. The van der Waals surface area contributed by atoms with E-state index in [1.807, 2.05) is 25.1 Å². The number of rotatable bonds is 6. The molecule has 0 bridgehead atoms. The first-order chi connectivity index (χ1) is 11.1. The van der Waals surface area contributed by atoms with Gasteiger partial charge in [0.25, 0.3) is 0 Å². The van der Waals surface area contributed by atoms with Crippen molar-refractivity contribution in [3.05, 3.63) is 40.8 Å². The minimum absolute atomic E-state index is 0.0157. The van der Waals surface area contributed by atoms with Crippen LogP contribution in [0.1, 0.15) is 43.1 Å². The highest BCUT2D eigenvalue weighted by Gasteiger charge is 2.27. The molecule has 5 nitrogen and oxygen atoms in total. The lowest BCUT2D eigenvalue weighted by Gasteiger charge is -2.19. The molecule has 1 N–H and O–H groups in total. The molecular weight excluding hydrogens is 314 g/mol. The number of aromatic nitrogens is 2. The lowest BCUT2D eigenvalue weighted by atomic mass is 10.1. The smallest absolute Gasteiger partial charge is 0.135 e. The summed E-state index contributed by atoms with van der Waals surface area (Å²) in [7, 11) is 3.31. The third-order valence-electron chi connectivity index (χ3n) is 3.92. The van der Waals surface area contributed by atoms with E-state index in [1.54, 1.807) is 20.3 Å². The molecule has 1 atom stereocenters. The number of halogens is 1. The van der Waals surface area contributed by atoms with Crippen LogP contribution in [0, 0.1) is 0 Å². The normalized spacial score (nSPS) is 15.1. The monoisotopic (exact) mass is 333 g/mol. The average molecular weight is 334 g/mol. The zero-order valence-corrected chi connectivity index (χ0v) is 14.2. The van der Waals surface area contributed by atoms with E-state index in [0.717, 1.165) is 41.5 Å². The molecule has 1 aliphatic rings. The van der Waals surface area contributed by atoms with Gasteiger partial charge in [-0.1, -0.05) is 11.6 Å². The summed E-state index contributed by atoms with van der Waals surface area (Å²) in [6, 6.07) is 7.46. The first kappa shape index (κ1) is 15.9. The van der Waals surface area contributed by atoms with Crippen LogP contribution in [0.4, 0.5) is 5.82 Å². The van der Waals surface area contributed by atoms with Crippen molar-refractivity contribution in [2.75, 3.05) is 19.5 Å². The second kappa shape index (κ2) is 6.62. The van der Waals surface area contributed by atoms with Gasteiger partial charge in [-0.15, -0.1) is 0 Å². The van der Waals surface area contributed by atoms with E-state index in [-0.39, 0.29) is 6.04 Å². The SMILES string of the molecule is COc1ccc(OC)c(C(C)Nc2cc(Cl)nc(C3CC3)n2)c1. The molecule has 0 saturated heterocycles. The van der Waals surface area contributed by atoms with Crippen molar-refractivity contribution in [3.8, 4) is 11.5 Å². The zero-order chi connectivity index (χ0) is 16.4. The van der Waals surface area contributed by atoms with Gasteiger partial charge in [0.15, 0.2) is 0 Å². The molecule has 1 aromatic heterocycles. The predicted molar refractivity (Wildman–Crippen MR) is 90.6 cm³/mol. The van der Waals surface area contributed by atoms with Gasteiger partial charge in [-0.05, 0) is 38.0 Å². The summed E-state index contributed by atoms with van der Waals surface area (Å²) in [6.45, 7) is 2.05. The van der Waals surface area contributed by atoms with Crippen LogP contribution < -0.4 is 14.8 Å². The summed E-state index contributed by atoms with van der Waals surface area (Å²) >= 11 is 6.12.